The van der Waals surface area contributed by atoms with Crippen LogP contribution in [0.3, 0.4) is 0 Å². The van der Waals surface area contributed by atoms with Gasteiger partial charge in [-0.1, -0.05) is 5.16 Å². The van der Waals surface area contributed by atoms with E-state index in [1.54, 1.807) is 7.11 Å². The van der Waals surface area contributed by atoms with Crippen LogP contribution in [0, 0.1) is 0 Å². The van der Waals surface area contributed by atoms with Gasteiger partial charge in [0.15, 0.2) is 0 Å². The number of nitrogens with one attached hydrogen (secondary N) is 1. The monoisotopic (exact) mass is 253 g/mol. The molecule has 2 fully saturated rings. The van der Waals surface area contributed by atoms with Crippen LogP contribution in [0.2, 0.25) is 0 Å². The minimum absolute atomic E-state index is 0.0983. The van der Waals surface area contributed by atoms with Crippen molar-refractivity contribution in [3.63, 3.8) is 0 Å². The Balaban J connectivity index is 1.74. The predicted molar refractivity (Wildman–Crippen MR) is 63.0 cm³/mol. The quantitative estimate of drug-likeness (QED) is 0.871. The second-order valence-electron chi connectivity index (χ2n) is 5.19. The van der Waals surface area contributed by atoms with Crippen LogP contribution in [0.5, 0.6) is 0 Å². The number of aromatic nitrogens is 2. The molecule has 2 saturated heterocycles. The van der Waals surface area contributed by atoms with E-state index in [-0.39, 0.29) is 17.7 Å². The Morgan fingerprint density at radius 3 is 3.06 bits per heavy atom. The normalized spacial score (nSPS) is 36.3. The molecule has 18 heavy (non-hydrogen) atoms. The zero-order valence-electron chi connectivity index (χ0n) is 10.8. The van der Waals surface area contributed by atoms with E-state index in [1.807, 2.05) is 6.92 Å². The summed E-state index contributed by atoms with van der Waals surface area (Å²) in [5, 5.41) is 7.40. The molecule has 0 aliphatic carbocycles. The van der Waals surface area contributed by atoms with E-state index in [4.69, 9.17) is 14.0 Å². The fourth-order valence-electron chi connectivity index (χ4n) is 2.62. The standard InChI is InChI=1S/C12H19N3O3/c1-12(4-3-5-17-12)11-14-10(18-15-11)9-6-8(16-2)7-13-9/h8-9,13H,3-7H2,1-2H3. The third-order valence-electron chi connectivity index (χ3n) is 3.86. The van der Waals surface area contributed by atoms with Gasteiger partial charge in [-0.2, -0.15) is 4.98 Å². The topological polar surface area (TPSA) is 69.4 Å². The molecular formula is C12H19N3O3. The summed E-state index contributed by atoms with van der Waals surface area (Å²) in [6, 6.07) is 0.0983. The van der Waals surface area contributed by atoms with E-state index < -0.39 is 0 Å². The van der Waals surface area contributed by atoms with Crippen molar-refractivity contribution in [3.8, 4) is 0 Å². The smallest absolute Gasteiger partial charge is 0.243 e. The van der Waals surface area contributed by atoms with Crippen molar-refractivity contribution < 1.29 is 14.0 Å². The number of hydrogen-bond acceptors (Lipinski definition) is 6. The number of nitrogens with zero attached hydrogens (tertiary/aromatic N) is 2. The van der Waals surface area contributed by atoms with E-state index in [1.165, 1.54) is 0 Å². The maximum atomic E-state index is 5.71. The van der Waals surface area contributed by atoms with Gasteiger partial charge >= 0.3 is 0 Å². The minimum Gasteiger partial charge on any atom is -0.380 e. The Labute approximate surface area is 106 Å². The van der Waals surface area contributed by atoms with Crippen molar-refractivity contribution in [3.05, 3.63) is 11.7 Å². The molecule has 0 radical (unpaired) electrons. The summed E-state index contributed by atoms with van der Waals surface area (Å²) in [6.07, 6.45) is 3.09. The number of methoxy groups -OCH3 is 1. The van der Waals surface area contributed by atoms with Crippen molar-refractivity contribution in [2.45, 2.75) is 43.9 Å². The molecule has 0 bridgehead atoms. The van der Waals surface area contributed by atoms with Crippen LogP contribution in [0.25, 0.3) is 0 Å². The Hall–Kier alpha value is -0.980. The minimum atomic E-state index is -0.374. The van der Waals surface area contributed by atoms with Crippen LogP contribution in [0.4, 0.5) is 0 Å². The highest BCUT2D eigenvalue weighted by Crippen LogP contribution is 2.34. The van der Waals surface area contributed by atoms with Gasteiger partial charge in [-0.25, -0.2) is 0 Å². The number of hydrogen-bond donors (Lipinski definition) is 1. The Morgan fingerprint density at radius 1 is 1.50 bits per heavy atom. The van der Waals surface area contributed by atoms with Crippen molar-refractivity contribution in [2.75, 3.05) is 20.3 Å². The highest BCUT2D eigenvalue weighted by molar-refractivity contribution is 5.05. The number of ether oxygens (including phenoxy) is 2. The van der Waals surface area contributed by atoms with Gasteiger partial charge in [-0.05, 0) is 26.2 Å². The van der Waals surface area contributed by atoms with E-state index >= 15 is 0 Å². The molecule has 3 rings (SSSR count). The number of rotatable bonds is 3. The second kappa shape index (κ2) is 4.60. The summed E-state index contributed by atoms with van der Waals surface area (Å²) < 4.78 is 16.4. The molecule has 1 N–H and O–H groups in total. The third kappa shape index (κ3) is 2.04. The lowest BCUT2D eigenvalue weighted by atomic mass is 10.0. The lowest BCUT2D eigenvalue weighted by molar-refractivity contribution is 0.00768. The van der Waals surface area contributed by atoms with Crippen molar-refractivity contribution in [1.82, 2.24) is 15.5 Å². The summed E-state index contributed by atoms with van der Waals surface area (Å²) in [5.74, 6) is 1.30. The molecule has 0 amide bonds. The largest absolute Gasteiger partial charge is 0.380 e. The van der Waals surface area contributed by atoms with Gasteiger partial charge in [0, 0.05) is 20.3 Å². The van der Waals surface area contributed by atoms with Crippen molar-refractivity contribution in [1.29, 1.82) is 0 Å². The van der Waals surface area contributed by atoms with Gasteiger partial charge in [-0.15, -0.1) is 0 Å². The van der Waals surface area contributed by atoms with Gasteiger partial charge in [-0.3, -0.25) is 0 Å². The zero-order chi connectivity index (χ0) is 12.6. The molecule has 6 nitrogen and oxygen atoms in total. The van der Waals surface area contributed by atoms with E-state index in [9.17, 15) is 0 Å². The maximum Gasteiger partial charge on any atom is 0.243 e. The fourth-order valence-corrected chi connectivity index (χ4v) is 2.62. The third-order valence-corrected chi connectivity index (χ3v) is 3.86. The summed E-state index contributed by atoms with van der Waals surface area (Å²) in [5.41, 5.74) is -0.374. The first-order valence-electron chi connectivity index (χ1n) is 6.45. The molecule has 0 spiro atoms. The molecule has 100 valence electrons. The summed E-state index contributed by atoms with van der Waals surface area (Å²) in [4.78, 5) is 4.49. The molecule has 6 heteroatoms. The average molecular weight is 253 g/mol. The SMILES string of the molecule is COC1CNC(c2nc(C3(C)CCCO3)no2)C1. The first kappa shape index (κ1) is 12.1. The van der Waals surface area contributed by atoms with Gasteiger partial charge in [0.05, 0.1) is 12.1 Å². The first-order chi connectivity index (χ1) is 8.71. The predicted octanol–water partition coefficient (Wildman–Crippen LogP) is 1.14. The Kier molecular flexibility index (Phi) is 3.09. The van der Waals surface area contributed by atoms with Crippen LogP contribution in [0.1, 0.15) is 43.9 Å². The lowest BCUT2D eigenvalue weighted by Crippen LogP contribution is -2.22. The van der Waals surface area contributed by atoms with Gasteiger partial charge in [0.2, 0.25) is 11.7 Å². The summed E-state index contributed by atoms with van der Waals surface area (Å²) in [7, 11) is 1.72. The molecule has 3 atom stereocenters. The van der Waals surface area contributed by atoms with Crippen LogP contribution in [0.15, 0.2) is 4.52 Å². The summed E-state index contributed by atoms with van der Waals surface area (Å²) >= 11 is 0. The second-order valence-corrected chi connectivity index (χ2v) is 5.19. The highest BCUT2D eigenvalue weighted by atomic mass is 16.5. The van der Waals surface area contributed by atoms with Crippen molar-refractivity contribution >= 4 is 0 Å². The summed E-state index contributed by atoms with van der Waals surface area (Å²) in [6.45, 7) is 3.62. The van der Waals surface area contributed by atoms with E-state index in [0.717, 1.165) is 32.4 Å². The molecule has 3 unspecified atom stereocenters. The van der Waals surface area contributed by atoms with E-state index in [0.29, 0.717) is 11.7 Å². The molecule has 2 aliphatic rings. The maximum absolute atomic E-state index is 5.71. The molecule has 3 heterocycles. The van der Waals surface area contributed by atoms with Crippen LogP contribution in [-0.4, -0.2) is 36.5 Å². The van der Waals surface area contributed by atoms with Crippen LogP contribution >= 0.6 is 0 Å². The van der Waals surface area contributed by atoms with Crippen molar-refractivity contribution in [2.24, 2.45) is 0 Å². The molecule has 0 aromatic carbocycles. The first-order valence-corrected chi connectivity index (χ1v) is 6.45. The molecule has 1 aromatic heterocycles. The fraction of sp³-hybridized carbons (Fsp3) is 0.833. The zero-order valence-corrected chi connectivity index (χ0v) is 10.8. The van der Waals surface area contributed by atoms with Gasteiger partial charge in [0.25, 0.3) is 0 Å². The van der Waals surface area contributed by atoms with Crippen LogP contribution in [-0.2, 0) is 15.1 Å². The lowest BCUT2D eigenvalue weighted by Gasteiger charge is -2.17. The molecular weight excluding hydrogens is 234 g/mol. The molecule has 0 saturated carbocycles. The van der Waals surface area contributed by atoms with Gasteiger partial charge < -0.3 is 19.3 Å². The van der Waals surface area contributed by atoms with E-state index in [2.05, 4.69) is 15.5 Å². The highest BCUT2D eigenvalue weighted by Gasteiger charge is 2.38. The molecule has 1 aromatic rings. The molecule has 2 aliphatic heterocycles. The Morgan fingerprint density at radius 2 is 2.39 bits per heavy atom. The van der Waals surface area contributed by atoms with Crippen LogP contribution < -0.4 is 5.32 Å². The average Bonchev–Trinajstić information content (AvgIpc) is 3.08. The van der Waals surface area contributed by atoms with Gasteiger partial charge in [0.1, 0.15) is 5.60 Å². The Bertz CT molecular complexity index is 414.